The van der Waals surface area contributed by atoms with Crippen LogP contribution in [0.1, 0.15) is 36.3 Å². The number of hydrogen-bond acceptors (Lipinski definition) is 3. The van der Waals surface area contributed by atoms with Crippen LogP contribution in [-0.2, 0) is 6.18 Å². The van der Waals surface area contributed by atoms with Crippen LogP contribution in [0.5, 0.6) is 0 Å². The first-order valence-corrected chi connectivity index (χ1v) is 11.2. The van der Waals surface area contributed by atoms with Crippen LogP contribution in [0.4, 0.5) is 18.9 Å². The van der Waals surface area contributed by atoms with Gasteiger partial charge in [0.1, 0.15) is 0 Å². The number of nitrogens with zero attached hydrogens (tertiary/aromatic N) is 5. The standard InChI is InChI=1S/C26H22F3N5O2/c1-5-16(2)24(35)33-23(22-13-14-31-34(22)20-11-9-19(30-4)10-12-20)17(3)32(25(33)36)21-8-6-7-18(15-21)26(27,28)29/h6-16H,5H2,1-3H3. The van der Waals surface area contributed by atoms with Crippen LogP contribution in [-0.4, -0.2) is 24.8 Å². The van der Waals surface area contributed by atoms with Gasteiger partial charge in [0, 0.05) is 5.92 Å². The minimum Gasteiger partial charge on any atom is -0.274 e. The summed E-state index contributed by atoms with van der Waals surface area (Å²) < 4.78 is 43.8. The molecule has 0 saturated heterocycles. The minimum atomic E-state index is -4.60. The number of aromatic nitrogens is 4. The van der Waals surface area contributed by atoms with Gasteiger partial charge < -0.3 is 0 Å². The monoisotopic (exact) mass is 493 g/mol. The van der Waals surface area contributed by atoms with Crippen molar-refractivity contribution in [1.82, 2.24) is 18.9 Å². The predicted octanol–water partition coefficient (Wildman–Crippen LogP) is 6.06. The maximum absolute atomic E-state index is 13.6. The molecule has 1 atom stereocenters. The van der Waals surface area contributed by atoms with Crippen LogP contribution >= 0.6 is 0 Å². The molecule has 0 bridgehead atoms. The molecule has 1 unspecified atom stereocenters. The summed E-state index contributed by atoms with van der Waals surface area (Å²) in [6.45, 7) is 12.2. The van der Waals surface area contributed by atoms with E-state index in [-0.39, 0.29) is 17.1 Å². The summed E-state index contributed by atoms with van der Waals surface area (Å²) in [5, 5.41) is 4.34. The molecule has 0 aliphatic rings. The van der Waals surface area contributed by atoms with Gasteiger partial charge in [-0.05, 0) is 49.7 Å². The third-order valence-corrected chi connectivity index (χ3v) is 6.08. The third kappa shape index (κ3) is 4.24. The van der Waals surface area contributed by atoms with Gasteiger partial charge in [0.15, 0.2) is 5.69 Å². The van der Waals surface area contributed by atoms with Crippen molar-refractivity contribution in [2.24, 2.45) is 5.92 Å². The van der Waals surface area contributed by atoms with Gasteiger partial charge >= 0.3 is 11.9 Å². The van der Waals surface area contributed by atoms with Crippen LogP contribution in [0, 0.1) is 19.4 Å². The van der Waals surface area contributed by atoms with Gasteiger partial charge in [-0.3, -0.25) is 9.36 Å². The van der Waals surface area contributed by atoms with Crippen molar-refractivity contribution < 1.29 is 18.0 Å². The predicted molar refractivity (Wildman–Crippen MR) is 129 cm³/mol. The molecule has 10 heteroatoms. The number of carbonyl (C=O) groups is 1. The zero-order valence-corrected chi connectivity index (χ0v) is 19.7. The largest absolute Gasteiger partial charge is 0.416 e. The van der Waals surface area contributed by atoms with Crippen molar-refractivity contribution >= 4 is 11.6 Å². The van der Waals surface area contributed by atoms with Gasteiger partial charge in [-0.25, -0.2) is 18.9 Å². The lowest BCUT2D eigenvalue weighted by Crippen LogP contribution is -2.32. The van der Waals surface area contributed by atoms with E-state index in [2.05, 4.69) is 9.94 Å². The Kier molecular flexibility index (Phi) is 6.41. The third-order valence-electron chi connectivity index (χ3n) is 6.08. The highest BCUT2D eigenvalue weighted by Gasteiger charge is 2.32. The summed E-state index contributed by atoms with van der Waals surface area (Å²) in [6, 6.07) is 12.7. The van der Waals surface area contributed by atoms with Gasteiger partial charge in [0.25, 0.3) is 0 Å². The fourth-order valence-electron chi connectivity index (χ4n) is 3.99. The van der Waals surface area contributed by atoms with E-state index in [9.17, 15) is 22.8 Å². The topological polar surface area (TPSA) is 66.2 Å². The molecule has 2 aromatic heterocycles. The zero-order chi connectivity index (χ0) is 26.2. The summed E-state index contributed by atoms with van der Waals surface area (Å²) >= 11 is 0. The fraction of sp³-hybridized carbons (Fsp3) is 0.231. The number of carbonyl (C=O) groups excluding carboxylic acids is 1. The van der Waals surface area contributed by atoms with Crippen LogP contribution in [0.2, 0.25) is 0 Å². The highest BCUT2D eigenvalue weighted by Crippen LogP contribution is 2.32. The first kappa shape index (κ1) is 24.7. The second kappa shape index (κ2) is 9.34. The lowest BCUT2D eigenvalue weighted by molar-refractivity contribution is -0.137. The molecule has 36 heavy (non-hydrogen) atoms. The molecular weight excluding hydrogens is 471 g/mol. The number of benzene rings is 2. The molecule has 2 heterocycles. The Hall–Kier alpha value is -4.39. The number of halogens is 3. The van der Waals surface area contributed by atoms with Crippen molar-refractivity contribution in [3.8, 4) is 22.8 Å². The number of alkyl halides is 3. The van der Waals surface area contributed by atoms with E-state index in [0.29, 0.717) is 23.5 Å². The van der Waals surface area contributed by atoms with Crippen molar-refractivity contribution in [2.45, 2.75) is 33.4 Å². The normalized spacial score (nSPS) is 12.4. The molecule has 0 radical (unpaired) electrons. The molecule has 0 spiro atoms. The Morgan fingerprint density at radius 2 is 1.81 bits per heavy atom. The molecule has 0 fully saturated rings. The molecule has 0 saturated carbocycles. The van der Waals surface area contributed by atoms with Gasteiger partial charge in [-0.1, -0.05) is 32.0 Å². The average molecular weight is 493 g/mol. The molecule has 2 aromatic carbocycles. The number of hydrogen-bond donors (Lipinski definition) is 0. The van der Waals surface area contributed by atoms with Crippen LogP contribution in [0.25, 0.3) is 27.6 Å². The molecule has 184 valence electrons. The summed E-state index contributed by atoms with van der Waals surface area (Å²) in [7, 11) is 0. The zero-order valence-electron chi connectivity index (χ0n) is 19.7. The molecule has 4 aromatic rings. The van der Waals surface area contributed by atoms with Crippen molar-refractivity contribution in [2.75, 3.05) is 0 Å². The lowest BCUT2D eigenvalue weighted by atomic mass is 10.1. The summed E-state index contributed by atoms with van der Waals surface area (Å²) in [5.41, 5.74) is 0.276. The first-order chi connectivity index (χ1) is 17.1. The molecule has 0 N–H and O–H groups in total. The highest BCUT2D eigenvalue weighted by atomic mass is 19.4. The van der Waals surface area contributed by atoms with Gasteiger partial charge in [-0.15, -0.1) is 0 Å². The SMILES string of the molecule is [C-]#[N+]c1ccc(-n2nccc2-c2c(C)n(-c3cccc(C(F)(F)F)c3)c(=O)n2C(=O)C(C)CC)cc1. The Morgan fingerprint density at radius 1 is 1.11 bits per heavy atom. The van der Waals surface area contributed by atoms with Crippen LogP contribution in [0.3, 0.4) is 0 Å². The first-order valence-electron chi connectivity index (χ1n) is 11.2. The number of imidazole rings is 1. The molecule has 0 aliphatic carbocycles. The lowest BCUT2D eigenvalue weighted by Gasteiger charge is -2.13. The highest BCUT2D eigenvalue weighted by molar-refractivity contribution is 5.86. The summed E-state index contributed by atoms with van der Waals surface area (Å²) in [4.78, 5) is 30.4. The Bertz CT molecular complexity index is 1540. The summed E-state index contributed by atoms with van der Waals surface area (Å²) in [5.74, 6) is -0.977. The number of rotatable bonds is 5. The maximum atomic E-state index is 13.6. The Balaban J connectivity index is 2.00. The maximum Gasteiger partial charge on any atom is 0.416 e. The average Bonchev–Trinajstić information content (AvgIpc) is 3.44. The molecule has 0 amide bonds. The second-order valence-electron chi connectivity index (χ2n) is 8.34. The van der Waals surface area contributed by atoms with E-state index in [1.807, 2.05) is 6.92 Å². The van der Waals surface area contributed by atoms with E-state index >= 15 is 0 Å². The van der Waals surface area contributed by atoms with Gasteiger partial charge in [0.05, 0.1) is 46.8 Å². The van der Waals surface area contributed by atoms with Gasteiger partial charge in [0.2, 0.25) is 5.91 Å². The molecule has 0 aliphatic heterocycles. The second-order valence-corrected chi connectivity index (χ2v) is 8.34. The molecule has 4 rings (SSSR count). The van der Waals surface area contributed by atoms with Crippen LogP contribution in [0.15, 0.2) is 65.6 Å². The minimum absolute atomic E-state index is 0.00301. The van der Waals surface area contributed by atoms with E-state index in [4.69, 9.17) is 6.57 Å². The Labute approximate surface area is 204 Å². The van der Waals surface area contributed by atoms with Gasteiger partial charge in [-0.2, -0.15) is 18.3 Å². The quantitative estimate of drug-likeness (QED) is 0.318. The van der Waals surface area contributed by atoms with E-state index in [0.717, 1.165) is 21.3 Å². The molecule has 7 nitrogen and oxygen atoms in total. The van der Waals surface area contributed by atoms with Crippen molar-refractivity contribution in [3.63, 3.8) is 0 Å². The Morgan fingerprint density at radius 3 is 2.42 bits per heavy atom. The molecular formula is C26H22F3N5O2. The van der Waals surface area contributed by atoms with Crippen molar-refractivity contribution in [3.05, 3.63) is 94.0 Å². The van der Waals surface area contributed by atoms with Crippen LogP contribution < -0.4 is 5.69 Å². The fourth-order valence-corrected chi connectivity index (χ4v) is 3.99. The smallest absolute Gasteiger partial charge is 0.274 e. The van der Waals surface area contributed by atoms with E-state index < -0.39 is 29.3 Å². The van der Waals surface area contributed by atoms with E-state index in [1.165, 1.54) is 23.0 Å². The van der Waals surface area contributed by atoms with Crippen molar-refractivity contribution in [1.29, 1.82) is 0 Å². The van der Waals surface area contributed by atoms with E-state index in [1.54, 1.807) is 44.2 Å². The summed E-state index contributed by atoms with van der Waals surface area (Å²) in [6.07, 6.45) is -2.63.